The molecule has 0 bridgehead atoms. The third-order valence-electron chi connectivity index (χ3n) is 10.1. The molecule has 2 aromatic carbocycles. The van der Waals surface area contributed by atoms with Crippen LogP contribution >= 0.6 is 21.6 Å². The van der Waals surface area contributed by atoms with Gasteiger partial charge in [0.2, 0.25) is 47.3 Å². The number of nitrogens with two attached hydrogens (primary N) is 2. The summed E-state index contributed by atoms with van der Waals surface area (Å²) in [6.07, 6.45) is -0.583. The predicted octanol–water partition coefficient (Wildman–Crippen LogP) is -1.21. The smallest absolute Gasteiger partial charge is 0.305 e. The minimum atomic E-state index is -1.74. The Hall–Kier alpha value is -6.66. The van der Waals surface area contributed by atoms with Gasteiger partial charge in [-0.2, -0.15) is 0 Å². The van der Waals surface area contributed by atoms with Gasteiger partial charge in [0.25, 0.3) is 0 Å². The number of nitrogens with one attached hydrogen (secondary N) is 8. The van der Waals surface area contributed by atoms with Gasteiger partial charge in [0.1, 0.15) is 36.0 Å². The molecule has 3 heterocycles. The molecule has 1 unspecified atom stereocenters. The van der Waals surface area contributed by atoms with Crippen LogP contribution in [0.2, 0.25) is 0 Å². The summed E-state index contributed by atoms with van der Waals surface area (Å²) in [6.45, 7) is 0.524. The van der Waals surface area contributed by atoms with E-state index in [0.29, 0.717) is 11.3 Å². The molecule has 8 amide bonds. The van der Waals surface area contributed by atoms with E-state index in [0.717, 1.165) is 38.1 Å². The number of rotatable bonds is 10. The van der Waals surface area contributed by atoms with Crippen molar-refractivity contribution in [1.29, 1.82) is 5.41 Å². The standard InChI is InChI=1S/C40H49N11O11S2/c1-20-40(61)51-17-24(62-18-22-15-44-26-5-3-2-4-25(22)26)12-30(51)39(60)50-29(36(43)57)19-64-63-11-10-31(52)48-27(13-32(53)47-23-8-6-21(7-9-23)35(41)42)37(58)45-16-33(54)49-28(14-34(55)56)38(59)46-20/h2-9,15,20,24,27-30,44H,10-14,16-19H2,1H3,(H3,41,42)(H2,43,57)(H,45,58)(H,46,59)(H,47,53)(H,48,52)(H,49,54)(H,50,60)(H,55,56)/t20-,24?,27-,28-,29-,30-/m0/s1. The van der Waals surface area contributed by atoms with Crippen molar-refractivity contribution in [2.75, 3.05) is 29.9 Å². The van der Waals surface area contributed by atoms with E-state index in [1.807, 2.05) is 24.3 Å². The van der Waals surface area contributed by atoms with Crippen LogP contribution in [0.3, 0.4) is 0 Å². The summed E-state index contributed by atoms with van der Waals surface area (Å²) in [7, 11) is 2.28. The number of ether oxygens (including phenoxy) is 1. The van der Waals surface area contributed by atoms with E-state index in [-0.39, 0.29) is 43.3 Å². The number of carbonyl (C=O) groups is 9. The first kappa shape index (κ1) is 48.4. The Morgan fingerprint density at radius 1 is 0.891 bits per heavy atom. The number of anilines is 1. The number of nitrogen functional groups attached to an aromatic ring is 1. The van der Waals surface area contributed by atoms with Gasteiger partial charge in [-0.1, -0.05) is 39.8 Å². The summed E-state index contributed by atoms with van der Waals surface area (Å²) in [5.74, 6) is -8.35. The molecule has 342 valence electrons. The molecule has 3 aromatic rings. The third kappa shape index (κ3) is 13.7. The maximum Gasteiger partial charge on any atom is 0.305 e. The van der Waals surface area contributed by atoms with Crippen molar-refractivity contribution in [3.63, 3.8) is 0 Å². The number of H-pyrrole nitrogens is 1. The normalized spacial score (nSPS) is 23.4. The van der Waals surface area contributed by atoms with Crippen LogP contribution < -0.4 is 43.4 Å². The van der Waals surface area contributed by atoms with Crippen molar-refractivity contribution in [3.8, 4) is 0 Å². The highest BCUT2D eigenvalue weighted by Crippen LogP contribution is 2.27. The van der Waals surface area contributed by atoms with Crippen LogP contribution in [0.15, 0.2) is 54.7 Å². The van der Waals surface area contributed by atoms with E-state index in [4.69, 9.17) is 21.6 Å². The van der Waals surface area contributed by atoms with Crippen LogP contribution in [0.4, 0.5) is 5.69 Å². The molecule has 0 aliphatic carbocycles. The number of fused-ring (bicyclic) bond motifs is 2. The van der Waals surface area contributed by atoms with Gasteiger partial charge in [-0.15, -0.1) is 0 Å². The van der Waals surface area contributed by atoms with E-state index in [9.17, 15) is 48.3 Å². The number of carboxylic acids is 1. The summed E-state index contributed by atoms with van der Waals surface area (Å²) >= 11 is 0. The number of amides is 8. The van der Waals surface area contributed by atoms with Gasteiger partial charge < -0.3 is 63.1 Å². The Morgan fingerprint density at radius 3 is 2.30 bits per heavy atom. The van der Waals surface area contributed by atoms with Gasteiger partial charge >= 0.3 is 5.97 Å². The zero-order valence-electron chi connectivity index (χ0n) is 34.5. The van der Waals surface area contributed by atoms with Gasteiger partial charge in [0, 0.05) is 64.8 Å². The van der Waals surface area contributed by atoms with Crippen LogP contribution in [-0.4, -0.2) is 135 Å². The van der Waals surface area contributed by atoms with Crippen molar-refractivity contribution in [2.24, 2.45) is 11.5 Å². The molecular formula is C40H49N11O11S2. The quantitative estimate of drug-likeness (QED) is 0.0646. The number of aliphatic carboxylic acids is 1. The summed E-state index contributed by atoms with van der Waals surface area (Å²) in [6, 6.07) is 6.46. The maximum atomic E-state index is 14.0. The fourth-order valence-electron chi connectivity index (χ4n) is 6.79. The number of para-hydroxylation sites is 1. The molecule has 2 saturated heterocycles. The van der Waals surface area contributed by atoms with Crippen molar-refractivity contribution < 1.29 is 53.0 Å². The average molecular weight is 924 g/mol. The third-order valence-corrected chi connectivity index (χ3v) is 12.5. The molecule has 2 aliphatic heterocycles. The van der Waals surface area contributed by atoms with E-state index < -0.39 is 109 Å². The van der Waals surface area contributed by atoms with Gasteiger partial charge in [-0.3, -0.25) is 48.6 Å². The molecule has 64 heavy (non-hydrogen) atoms. The lowest BCUT2D eigenvalue weighted by Gasteiger charge is -2.28. The second-order valence-corrected chi connectivity index (χ2v) is 17.5. The summed E-state index contributed by atoms with van der Waals surface area (Å²) in [4.78, 5) is 123. The molecule has 0 spiro atoms. The number of benzene rings is 2. The van der Waals surface area contributed by atoms with Gasteiger partial charge in [0.05, 0.1) is 32.1 Å². The number of aromatic nitrogens is 1. The van der Waals surface area contributed by atoms with Crippen molar-refractivity contribution in [1.82, 2.24) is 36.5 Å². The maximum absolute atomic E-state index is 14.0. The Bertz CT molecular complexity index is 2280. The van der Waals surface area contributed by atoms with E-state index in [2.05, 4.69) is 36.9 Å². The van der Waals surface area contributed by atoms with Crippen molar-refractivity contribution >= 4 is 97.2 Å². The van der Waals surface area contributed by atoms with E-state index >= 15 is 0 Å². The van der Waals surface area contributed by atoms with Crippen molar-refractivity contribution in [2.45, 2.75) is 75.5 Å². The summed E-state index contributed by atoms with van der Waals surface area (Å²) in [5, 5.41) is 32.6. The Kier molecular flexibility index (Phi) is 17.1. The highest BCUT2D eigenvalue weighted by atomic mass is 33.1. The second kappa shape index (κ2) is 22.6. The lowest BCUT2D eigenvalue weighted by atomic mass is 10.1. The molecule has 0 saturated carbocycles. The number of nitrogens with zero attached hydrogens (tertiary/aromatic N) is 1. The largest absolute Gasteiger partial charge is 0.481 e. The van der Waals surface area contributed by atoms with Gasteiger partial charge in [-0.25, -0.2) is 0 Å². The molecule has 2 aliphatic rings. The highest BCUT2D eigenvalue weighted by Gasteiger charge is 2.43. The van der Waals surface area contributed by atoms with Gasteiger partial charge in [0.15, 0.2) is 0 Å². The van der Waals surface area contributed by atoms with Crippen molar-refractivity contribution in [3.05, 3.63) is 65.9 Å². The molecule has 5 rings (SSSR count). The first-order valence-corrected chi connectivity index (χ1v) is 22.4. The summed E-state index contributed by atoms with van der Waals surface area (Å²) in [5.41, 5.74) is 13.5. The molecule has 24 heteroatoms. The molecule has 22 nitrogen and oxygen atoms in total. The number of primary amides is 1. The fourth-order valence-corrected chi connectivity index (χ4v) is 8.96. The molecule has 1 aromatic heterocycles. The molecular weight excluding hydrogens is 875 g/mol. The predicted molar refractivity (Wildman–Crippen MR) is 235 cm³/mol. The number of carboxylic acid groups (broad SMARTS) is 1. The SMILES string of the molecule is C[C@@H]1NC(=O)[C@H](CC(=O)O)NC(=O)CNC(=O)[C@H](CC(=O)Nc2ccc(C(=N)N)cc2)NC(=O)CCSSC[C@@H](C(N)=O)NC(=O)[C@@H]2CC(OCc3c[nH]c4ccccc34)CN2C1=O. The van der Waals surface area contributed by atoms with Crippen LogP contribution in [0.5, 0.6) is 0 Å². The van der Waals surface area contributed by atoms with Gasteiger partial charge in [-0.05, 0) is 37.3 Å². The lowest BCUT2D eigenvalue weighted by molar-refractivity contribution is -0.143. The average Bonchev–Trinajstić information content (AvgIpc) is 3.87. The Labute approximate surface area is 373 Å². The lowest BCUT2D eigenvalue weighted by Crippen LogP contribution is -2.58. The zero-order valence-corrected chi connectivity index (χ0v) is 36.1. The number of aromatic amines is 1. The van der Waals surface area contributed by atoms with E-state index in [1.54, 1.807) is 6.20 Å². The Morgan fingerprint density at radius 2 is 1.59 bits per heavy atom. The number of carbonyl (C=O) groups excluding carboxylic acids is 8. The second-order valence-electron chi connectivity index (χ2n) is 14.9. The molecule has 2 fully saturated rings. The number of hydrogen-bond acceptors (Lipinski definition) is 13. The van der Waals surface area contributed by atoms with Crippen LogP contribution in [0.25, 0.3) is 10.9 Å². The number of hydrogen-bond donors (Lipinski definition) is 11. The minimum Gasteiger partial charge on any atom is -0.481 e. The van der Waals surface area contributed by atoms with Crippen LogP contribution in [0, 0.1) is 5.41 Å². The van der Waals surface area contributed by atoms with Crippen LogP contribution in [0.1, 0.15) is 43.7 Å². The first-order chi connectivity index (χ1) is 30.5. The minimum absolute atomic E-state index is 0.00334. The number of amidine groups is 1. The zero-order chi connectivity index (χ0) is 46.5. The molecule has 6 atom stereocenters. The Balaban J connectivity index is 1.32. The van der Waals surface area contributed by atoms with Crippen LogP contribution in [-0.2, 0) is 54.5 Å². The first-order valence-electron chi connectivity index (χ1n) is 19.9. The highest BCUT2D eigenvalue weighted by molar-refractivity contribution is 8.76. The summed E-state index contributed by atoms with van der Waals surface area (Å²) < 4.78 is 6.19. The monoisotopic (exact) mass is 923 g/mol. The van der Waals surface area contributed by atoms with E-state index in [1.165, 1.54) is 36.1 Å². The molecule has 13 N–H and O–H groups in total. The topological polar surface area (TPSA) is 350 Å². The molecule has 0 radical (unpaired) electrons. The fraction of sp³-hybridized carbons (Fsp3) is 0.400.